The van der Waals surface area contributed by atoms with Gasteiger partial charge in [0.05, 0.1) is 0 Å². The van der Waals surface area contributed by atoms with E-state index >= 15 is 0 Å². The summed E-state index contributed by atoms with van der Waals surface area (Å²) in [7, 11) is 0. The van der Waals surface area contributed by atoms with Crippen LogP contribution in [0.5, 0.6) is 0 Å². The molecule has 0 amide bonds. The Bertz CT molecular complexity index is 203. The monoisotopic (exact) mass is 119 g/mol. The molecule has 0 aromatic rings. The van der Waals surface area contributed by atoms with E-state index in [1.54, 1.807) is 0 Å². The highest BCUT2D eigenvalue weighted by Gasteiger charge is 2.04. The molecule has 0 bridgehead atoms. The summed E-state index contributed by atoms with van der Waals surface area (Å²) in [5, 5.41) is 0. The fourth-order valence-corrected chi connectivity index (χ4v) is 1.01. The highest BCUT2D eigenvalue weighted by Crippen LogP contribution is 2.23. The lowest BCUT2D eigenvalue weighted by Crippen LogP contribution is -1.67. The molecule has 0 aromatic heterocycles. The first-order valence-corrected chi connectivity index (χ1v) is 2.74. The number of hydrogen-bond donors (Lipinski definition) is 1. The first-order valence-electron chi connectivity index (χ1n) is 2.74. The predicted octanol–water partition coefficient (Wildman–Crippen LogP) is 2.14. The second-order valence-corrected chi connectivity index (χ2v) is 1.96. The van der Waals surface area contributed by atoms with E-state index in [9.17, 15) is 0 Å². The number of rotatable bonds is 0. The summed E-state index contributed by atoms with van der Waals surface area (Å²) in [6, 6.07) is 0. The van der Waals surface area contributed by atoms with Crippen LogP contribution in [0.4, 0.5) is 0 Å². The van der Waals surface area contributed by atoms with E-state index in [-0.39, 0.29) is 6.15 Å². The molecule has 9 heavy (non-hydrogen) atoms. The molecule has 2 rings (SSSR count). The van der Waals surface area contributed by atoms with Gasteiger partial charge in [0.25, 0.3) is 0 Å². The van der Waals surface area contributed by atoms with Crippen molar-refractivity contribution in [2.45, 2.75) is 0 Å². The topological polar surface area (TPSA) is 35.0 Å². The van der Waals surface area contributed by atoms with Gasteiger partial charge >= 0.3 is 0 Å². The second kappa shape index (κ2) is 2.03. The molecule has 0 aromatic carbocycles. The van der Waals surface area contributed by atoms with Gasteiger partial charge in [0.1, 0.15) is 0 Å². The van der Waals surface area contributed by atoms with E-state index in [0.29, 0.717) is 0 Å². The molecular weight excluding hydrogens is 110 g/mol. The molecule has 0 radical (unpaired) electrons. The maximum absolute atomic E-state index is 2.12. The summed E-state index contributed by atoms with van der Waals surface area (Å²) >= 11 is 0. The maximum atomic E-state index is 2.12. The van der Waals surface area contributed by atoms with Crippen LogP contribution in [0.2, 0.25) is 0 Å². The third kappa shape index (κ3) is 0.752. The smallest absolute Gasteiger partial charge is 0.0184 e. The molecule has 0 saturated heterocycles. The lowest BCUT2D eigenvalue weighted by molar-refractivity contribution is 1.69. The minimum Gasteiger partial charge on any atom is -0.344 e. The Morgan fingerprint density at radius 1 is 0.778 bits per heavy atom. The SMILES string of the molecule is C1=CC2=CC=CC2=C1.N. The van der Waals surface area contributed by atoms with E-state index < -0.39 is 0 Å². The Labute approximate surface area is 54.7 Å². The van der Waals surface area contributed by atoms with Crippen LogP contribution in [0.1, 0.15) is 0 Å². The molecule has 0 aliphatic heterocycles. The molecule has 1 heteroatoms. The summed E-state index contributed by atoms with van der Waals surface area (Å²) < 4.78 is 0. The van der Waals surface area contributed by atoms with Crippen molar-refractivity contribution in [1.29, 1.82) is 0 Å². The summed E-state index contributed by atoms with van der Waals surface area (Å²) in [6.07, 6.45) is 12.6. The molecule has 3 N–H and O–H groups in total. The quantitative estimate of drug-likeness (QED) is 0.521. The van der Waals surface area contributed by atoms with Gasteiger partial charge in [-0.25, -0.2) is 0 Å². The van der Waals surface area contributed by atoms with Crippen LogP contribution in [0.3, 0.4) is 0 Å². The summed E-state index contributed by atoms with van der Waals surface area (Å²) in [5.41, 5.74) is 2.70. The Hall–Kier alpha value is -1.08. The van der Waals surface area contributed by atoms with E-state index in [1.165, 1.54) is 11.1 Å². The highest BCUT2D eigenvalue weighted by molar-refractivity contribution is 5.59. The van der Waals surface area contributed by atoms with Crippen LogP contribution in [-0.2, 0) is 0 Å². The van der Waals surface area contributed by atoms with Crippen LogP contribution < -0.4 is 6.15 Å². The van der Waals surface area contributed by atoms with Gasteiger partial charge in [-0.2, -0.15) is 0 Å². The third-order valence-electron chi connectivity index (χ3n) is 1.44. The molecule has 2 aliphatic rings. The Balaban J connectivity index is 0.000000405. The van der Waals surface area contributed by atoms with Crippen molar-refractivity contribution in [3.05, 3.63) is 47.6 Å². The van der Waals surface area contributed by atoms with E-state index in [1.807, 2.05) is 0 Å². The van der Waals surface area contributed by atoms with Crippen molar-refractivity contribution in [3.8, 4) is 0 Å². The van der Waals surface area contributed by atoms with Crippen molar-refractivity contribution >= 4 is 0 Å². The van der Waals surface area contributed by atoms with Gasteiger partial charge in [0.15, 0.2) is 0 Å². The summed E-state index contributed by atoms with van der Waals surface area (Å²) in [6.45, 7) is 0. The third-order valence-corrected chi connectivity index (χ3v) is 1.44. The standard InChI is InChI=1S/C8H6.H3N/c1-3-7-5-2-6-8(7)4-1;/h1-6H;1H3. The molecule has 0 saturated carbocycles. The Morgan fingerprint density at radius 3 is 1.67 bits per heavy atom. The van der Waals surface area contributed by atoms with Gasteiger partial charge in [-0.15, -0.1) is 0 Å². The molecule has 0 fully saturated rings. The average Bonchev–Trinajstić information content (AvgIpc) is 2.15. The first kappa shape index (κ1) is 6.05. The van der Waals surface area contributed by atoms with Gasteiger partial charge in [-0.1, -0.05) is 36.5 Å². The minimum atomic E-state index is 0. The van der Waals surface area contributed by atoms with Crippen molar-refractivity contribution in [3.63, 3.8) is 0 Å². The minimum absolute atomic E-state index is 0. The van der Waals surface area contributed by atoms with Crippen LogP contribution >= 0.6 is 0 Å². The normalized spacial score (nSPS) is 18.7. The molecule has 0 heterocycles. The second-order valence-electron chi connectivity index (χ2n) is 1.96. The Morgan fingerprint density at radius 2 is 1.22 bits per heavy atom. The summed E-state index contributed by atoms with van der Waals surface area (Å²) in [4.78, 5) is 0. The molecule has 46 valence electrons. The molecule has 0 atom stereocenters. The molecule has 0 unspecified atom stereocenters. The van der Waals surface area contributed by atoms with Gasteiger partial charge in [0, 0.05) is 0 Å². The average molecular weight is 119 g/mol. The highest BCUT2D eigenvalue weighted by atomic mass is 14.1. The number of hydrogen-bond acceptors (Lipinski definition) is 1. The van der Waals surface area contributed by atoms with Crippen LogP contribution in [-0.4, -0.2) is 0 Å². The zero-order valence-electron chi connectivity index (χ0n) is 5.17. The van der Waals surface area contributed by atoms with Crippen LogP contribution in [0, 0.1) is 0 Å². The van der Waals surface area contributed by atoms with Gasteiger partial charge in [0.2, 0.25) is 0 Å². The van der Waals surface area contributed by atoms with E-state index in [2.05, 4.69) is 36.5 Å². The fourth-order valence-electron chi connectivity index (χ4n) is 1.01. The van der Waals surface area contributed by atoms with E-state index in [0.717, 1.165) is 0 Å². The largest absolute Gasteiger partial charge is 0.344 e. The van der Waals surface area contributed by atoms with Gasteiger partial charge < -0.3 is 6.15 Å². The van der Waals surface area contributed by atoms with Crippen molar-refractivity contribution < 1.29 is 0 Å². The fraction of sp³-hybridized carbons (Fsp3) is 0. The predicted molar refractivity (Wildman–Crippen MR) is 39.5 cm³/mol. The first-order chi connectivity index (χ1) is 3.97. The molecule has 1 nitrogen and oxygen atoms in total. The van der Waals surface area contributed by atoms with Crippen LogP contribution in [0.15, 0.2) is 47.6 Å². The van der Waals surface area contributed by atoms with Crippen molar-refractivity contribution in [1.82, 2.24) is 6.15 Å². The van der Waals surface area contributed by atoms with Gasteiger partial charge in [-0.3, -0.25) is 0 Å². The molecular formula is C8H9N. The van der Waals surface area contributed by atoms with Crippen molar-refractivity contribution in [2.75, 3.05) is 0 Å². The number of allylic oxidation sites excluding steroid dienone is 8. The van der Waals surface area contributed by atoms with Crippen LogP contribution in [0.25, 0.3) is 0 Å². The lowest BCUT2D eigenvalue weighted by atomic mass is 10.2. The number of fused-ring (bicyclic) bond motifs is 1. The van der Waals surface area contributed by atoms with E-state index in [4.69, 9.17) is 0 Å². The lowest BCUT2D eigenvalue weighted by Gasteiger charge is -1.85. The molecule has 2 aliphatic carbocycles. The van der Waals surface area contributed by atoms with Gasteiger partial charge in [-0.05, 0) is 11.1 Å². The zero-order valence-corrected chi connectivity index (χ0v) is 5.17. The zero-order chi connectivity index (χ0) is 5.40. The molecule has 0 spiro atoms. The maximum Gasteiger partial charge on any atom is -0.0184 e. The summed E-state index contributed by atoms with van der Waals surface area (Å²) in [5.74, 6) is 0. The van der Waals surface area contributed by atoms with Crippen molar-refractivity contribution in [2.24, 2.45) is 0 Å². The Kier molecular flexibility index (Phi) is 1.37.